The van der Waals surface area contributed by atoms with E-state index in [1.165, 1.54) is 0 Å². The van der Waals surface area contributed by atoms with E-state index in [-0.39, 0.29) is 0 Å². The SMILES string of the molecule is Cc1nc2ccccc2nc1NC(C)CCN(C)C. The molecule has 0 saturated carbocycles. The number of nitrogens with one attached hydrogen (secondary N) is 1. The summed E-state index contributed by atoms with van der Waals surface area (Å²) in [6, 6.07) is 8.36. The van der Waals surface area contributed by atoms with Gasteiger partial charge >= 0.3 is 0 Å². The molecule has 4 heteroatoms. The molecule has 1 N–H and O–H groups in total. The Kier molecular flexibility index (Phi) is 4.32. The van der Waals surface area contributed by atoms with E-state index in [1.54, 1.807) is 0 Å². The summed E-state index contributed by atoms with van der Waals surface area (Å²) in [6.07, 6.45) is 1.08. The minimum absolute atomic E-state index is 0.386. The second-order valence-corrected chi connectivity index (χ2v) is 5.28. The maximum Gasteiger partial charge on any atom is 0.148 e. The number of para-hydroxylation sites is 2. The number of hydrogen-bond acceptors (Lipinski definition) is 4. The molecular weight excluding hydrogens is 236 g/mol. The molecule has 0 aliphatic carbocycles. The van der Waals surface area contributed by atoms with Crippen LogP contribution in [0.2, 0.25) is 0 Å². The van der Waals surface area contributed by atoms with E-state index in [0.29, 0.717) is 6.04 Å². The maximum absolute atomic E-state index is 4.65. The van der Waals surface area contributed by atoms with Gasteiger partial charge in [-0.3, -0.25) is 0 Å². The van der Waals surface area contributed by atoms with Crippen LogP contribution >= 0.6 is 0 Å². The Hall–Kier alpha value is -1.68. The highest BCUT2D eigenvalue weighted by Gasteiger charge is 2.08. The topological polar surface area (TPSA) is 41.1 Å². The summed E-state index contributed by atoms with van der Waals surface area (Å²) in [7, 11) is 4.18. The predicted molar refractivity (Wildman–Crippen MR) is 80.5 cm³/mol. The molecule has 0 spiro atoms. The zero-order chi connectivity index (χ0) is 13.8. The van der Waals surface area contributed by atoms with Crippen molar-refractivity contribution >= 4 is 16.9 Å². The zero-order valence-corrected chi connectivity index (χ0v) is 12.1. The molecule has 19 heavy (non-hydrogen) atoms. The lowest BCUT2D eigenvalue weighted by Gasteiger charge is -2.18. The van der Waals surface area contributed by atoms with Gasteiger partial charge < -0.3 is 10.2 Å². The standard InChI is InChI=1S/C15H22N4/c1-11(9-10-19(3)4)16-15-12(2)17-13-7-5-6-8-14(13)18-15/h5-8,11H,9-10H2,1-4H3,(H,16,18). The number of rotatable bonds is 5. The van der Waals surface area contributed by atoms with Crippen molar-refractivity contribution in [2.75, 3.05) is 26.0 Å². The molecule has 102 valence electrons. The third kappa shape index (κ3) is 3.64. The van der Waals surface area contributed by atoms with Gasteiger partial charge in [0, 0.05) is 6.04 Å². The van der Waals surface area contributed by atoms with Gasteiger partial charge in [0.1, 0.15) is 5.82 Å². The summed E-state index contributed by atoms with van der Waals surface area (Å²) >= 11 is 0. The second-order valence-electron chi connectivity index (χ2n) is 5.28. The van der Waals surface area contributed by atoms with Crippen molar-refractivity contribution in [3.05, 3.63) is 30.0 Å². The fourth-order valence-electron chi connectivity index (χ4n) is 1.98. The first kappa shape index (κ1) is 13.7. The van der Waals surface area contributed by atoms with Gasteiger partial charge in [-0.2, -0.15) is 0 Å². The first-order valence-electron chi connectivity index (χ1n) is 6.71. The smallest absolute Gasteiger partial charge is 0.148 e. The number of fused-ring (bicyclic) bond motifs is 1. The highest BCUT2D eigenvalue weighted by Crippen LogP contribution is 2.17. The number of aryl methyl sites for hydroxylation is 1. The van der Waals surface area contributed by atoms with Crippen molar-refractivity contribution in [1.29, 1.82) is 0 Å². The van der Waals surface area contributed by atoms with Gasteiger partial charge in [-0.15, -0.1) is 0 Å². The Balaban J connectivity index is 2.13. The summed E-state index contributed by atoms with van der Waals surface area (Å²) in [5, 5.41) is 3.46. The predicted octanol–water partition coefficient (Wildman–Crippen LogP) is 2.69. The van der Waals surface area contributed by atoms with Gasteiger partial charge in [0.25, 0.3) is 0 Å². The van der Waals surface area contributed by atoms with E-state index >= 15 is 0 Å². The van der Waals surface area contributed by atoms with E-state index in [2.05, 4.69) is 41.2 Å². The molecule has 1 heterocycles. The van der Waals surface area contributed by atoms with E-state index in [4.69, 9.17) is 0 Å². The van der Waals surface area contributed by atoms with Gasteiger partial charge in [0.2, 0.25) is 0 Å². The minimum atomic E-state index is 0.386. The van der Waals surface area contributed by atoms with Crippen molar-refractivity contribution in [2.45, 2.75) is 26.3 Å². The lowest BCUT2D eigenvalue weighted by molar-refractivity contribution is 0.390. The lowest BCUT2D eigenvalue weighted by atomic mass is 10.2. The number of nitrogens with zero attached hydrogens (tertiary/aromatic N) is 3. The Morgan fingerprint density at radius 1 is 1.16 bits per heavy atom. The Labute approximate surface area is 114 Å². The first-order chi connectivity index (χ1) is 9.06. The number of benzene rings is 1. The molecule has 1 atom stereocenters. The third-order valence-corrected chi connectivity index (χ3v) is 3.14. The molecule has 1 unspecified atom stereocenters. The van der Waals surface area contributed by atoms with Crippen molar-refractivity contribution < 1.29 is 0 Å². The molecule has 0 radical (unpaired) electrons. The summed E-state index contributed by atoms with van der Waals surface area (Å²) < 4.78 is 0. The second kappa shape index (κ2) is 5.97. The molecule has 4 nitrogen and oxygen atoms in total. The highest BCUT2D eigenvalue weighted by atomic mass is 15.1. The Morgan fingerprint density at radius 2 is 1.79 bits per heavy atom. The van der Waals surface area contributed by atoms with Crippen LogP contribution in [-0.4, -0.2) is 41.5 Å². The monoisotopic (exact) mass is 258 g/mol. The molecule has 1 aromatic heterocycles. The molecule has 0 fully saturated rings. The molecule has 0 aliphatic rings. The van der Waals surface area contributed by atoms with E-state index < -0.39 is 0 Å². The minimum Gasteiger partial charge on any atom is -0.366 e. The van der Waals surface area contributed by atoms with Gasteiger partial charge in [0.05, 0.1) is 16.7 Å². The van der Waals surface area contributed by atoms with E-state index in [1.807, 2.05) is 31.2 Å². The third-order valence-electron chi connectivity index (χ3n) is 3.14. The molecule has 0 amide bonds. The first-order valence-corrected chi connectivity index (χ1v) is 6.71. The maximum atomic E-state index is 4.65. The van der Waals surface area contributed by atoms with Crippen molar-refractivity contribution in [2.24, 2.45) is 0 Å². The largest absolute Gasteiger partial charge is 0.366 e. The van der Waals surface area contributed by atoms with Gasteiger partial charge in [-0.1, -0.05) is 12.1 Å². The molecule has 0 bridgehead atoms. The van der Waals surface area contributed by atoms with Crippen LogP contribution in [0.15, 0.2) is 24.3 Å². The fourth-order valence-corrected chi connectivity index (χ4v) is 1.98. The van der Waals surface area contributed by atoms with Crippen LogP contribution in [0.3, 0.4) is 0 Å². The van der Waals surface area contributed by atoms with Crippen molar-refractivity contribution in [3.8, 4) is 0 Å². The van der Waals surface area contributed by atoms with Crippen LogP contribution in [0.25, 0.3) is 11.0 Å². The number of aromatic nitrogens is 2. The normalized spacial score (nSPS) is 12.9. The van der Waals surface area contributed by atoms with Crippen LogP contribution in [-0.2, 0) is 0 Å². The lowest BCUT2D eigenvalue weighted by Crippen LogP contribution is -2.23. The summed E-state index contributed by atoms with van der Waals surface area (Å²) in [5.74, 6) is 0.893. The summed E-state index contributed by atoms with van der Waals surface area (Å²) in [4.78, 5) is 11.4. The fraction of sp³-hybridized carbons (Fsp3) is 0.467. The molecule has 0 aliphatic heterocycles. The van der Waals surface area contributed by atoms with Gasteiger partial charge in [-0.05, 0) is 53.0 Å². The van der Waals surface area contributed by atoms with E-state index in [0.717, 1.165) is 35.5 Å². The van der Waals surface area contributed by atoms with Crippen LogP contribution in [0, 0.1) is 6.92 Å². The van der Waals surface area contributed by atoms with Crippen molar-refractivity contribution in [3.63, 3.8) is 0 Å². The summed E-state index contributed by atoms with van der Waals surface area (Å²) in [6.45, 7) is 5.24. The number of hydrogen-bond donors (Lipinski definition) is 1. The van der Waals surface area contributed by atoms with Crippen LogP contribution < -0.4 is 5.32 Å². The van der Waals surface area contributed by atoms with Gasteiger partial charge in [0.15, 0.2) is 0 Å². The molecule has 0 saturated heterocycles. The van der Waals surface area contributed by atoms with Gasteiger partial charge in [-0.25, -0.2) is 9.97 Å². The average Bonchev–Trinajstić information content (AvgIpc) is 2.37. The van der Waals surface area contributed by atoms with Crippen LogP contribution in [0.5, 0.6) is 0 Å². The quantitative estimate of drug-likeness (QED) is 0.895. The Morgan fingerprint density at radius 3 is 2.42 bits per heavy atom. The Bertz CT molecular complexity index is 551. The molecule has 2 rings (SSSR count). The summed E-state index contributed by atoms with van der Waals surface area (Å²) in [5.41, 5.74) is 2.84. The van der Waals surface area contributed by atoms with Crippen LogP contribution in [0.1, 0.15) is 19.0 Å². The van der Waals surface area contributed by atoms with E-state index in [9.17, 15) is 0 Å². The zero-order valence-electron chi connectivity index (χ0n) is 12.1. The van der Waals surface area contributed by atoms with Crippen LogP contribution in [0.4, 0.5) is 5.82 Å². The average molecular weight is 258 g/mol. The molecule has 1 aromatic carbocycles. The number of anilines is 1. The highest BCUT2D eigenvalue weighted by molar-refractivity contribution is 5.76. The molecule has 2 aromatic rings. The molecular formula is C15H22N4. The van der Waals surface area contributed by atoms with Crippen molar-refractivity contribution in [1.82, 2.24) is 14.9 Å².